The van der Waals surface area contributed by atoms with Crippen LogP contribution in [0.1, 0.15) is 16.8 Å². The van der Waals surface area contributed by atoms with Crippen LogP contribution in [0.15, 0.2) is 41.1 Å². The second kappa shape index (κ2) is 8.58. The van der Waals surface area contributed by atoms with Crippen molar-refractivity contribution < 1.29 is 14.3 Å². The Kier molecular flexibility index (Phi) is 5.96. The van der Waals surface area contributed by atoms with Gasteiger partial charge in [0.05, 0.1) is 17.7 Å². The summed E-state index contributed by atoms with van der Waals surface area (Å²) in [4.78, 5) is 28.2. The molecule has 0 saturated heterocycles. The highest BCUT2D eigenvalue weighted by Crippen LogP contribution is 2.24. The number of carbonyl (C=O) groups excluding carboxylic acids is 2. The number of rotatable bonds is 6. The zero-order valence-corrected chi connectivity index (χ0v) is 16.0. The minimum absolute atomic E-state index is 0.00190. The Balaban J connectivity index is 1.50. The van der Waals surface area contributed by atoms with E-state index in [2.05, 4.69) is 10.3 Å². The van der Waals surface area contributed by atoms with Gasteiger partial charge in [-0.15, -0.1) is 22.7 Å². The molecular weight excluding hydrogens is 382 g/mol. The number of nitrogens with one attached hydrogen (secondary N) is 1. The van der Waals surface area contributed by atoms with E-state index < -0.39 is 18.5 Å². The van der Waals surface area contributed by atoms with Crippen LogP contribution in [0, 0.1) is 18.3 Å². The summed E-state index contributed by atoms with van der Waals surface area (Å²) >= 11 is 2.69. The third-order valence-electron chi connectivity index (χ3n) is 3.58. The minimum Gasteiger partial charge on any atom is -0.455 e. The predicted molar refractivity (Wildman–Crippen MR) is 105 cm³/mol. The predicted octanol–water partition coefficient (Wildman–Crippen LogP) is 3.78. The Morgan fingerprint density at radius 2 is 2.00 bits per heavy atom. The minimum atomic E-state index is -0.530. The SMILES string of the molecule is Cc1ccc(-c2nc(CC(=O)OCC(=O)Nc3sccc3C#N)cs2)cc1. The second-order valence-electron chi connectivity index (χ2n) is 5.67. The molecule has 6 nitrogen and oxygen atoms in total. The van der Waals surface area contributed by atoms with Crippen molar-refractivity contribution in [2.45, 2.75) is 13.3 Å². The Morgan fingerprint density at radius 1 is 1.22 bits per heavy atom. The number of aryl methyl sites for hydroxylation is 1. The van der Waals surface area contributed by atoms with Gasteiger partial charge >= 0.3 is 5.97 Å². The number of anilines is 1. The van der Waals surface area contributed by atoms with Crippen molar-refractivity contribution in [3.63, 3.8) is 0 Å². The highest BCUT2D eigenvalue weighted by atomic mass is 32.1. The molecule has 0 unspecified atom stereocenters. The van der Waals surface area contributed by atoms with Crippen LogP contribution >= 0.6 is 22.7 Å². The molecule has 0 bridgehead atoms. The quantitative estimate of drug-likeness (QED) is 0.639. The molecule has 27 heavy (non-hydrogen) atoms. The molecule has 0 radical (unpaired) electrons. The molecule has 1 N–H and O–H groups in total. The average Bonchev–Trinajstić information content (AvgIpc) is 3.30. The van der Waals surface area contributed by atoms with Crippen molar-refractivity contribution in [1.82, 2.24) is 4.98 Å². The lowest BCUT2D eigenvalue weighted by Gasteiger charge is -2.04. The van der Waals surface area contributed by atoms with Crippen LogP contribution < -0.4 is 5.32 Å². The molecule has 0 aliphatic rings. The molecule has 2 aromatic heterocycles. The lowest BCUT2D eigenvalue weighted by Crippen LogP contribution is -2.21. The first kappa shape index (κ1) is 18.8. The van der Waals surface area contributed by atoms with Crippen molar-refractivity contribution in [1.29, 1.82) is 5.26 Å². The number of nitriles is 1. The summed E-state index contributed by atoms with van der Waals surface area (Å²) < 4.78 is 5.00. The van der Waals surface area contributed by atoms with Crippen LogP contribution in [0.5, 0.6) is 0 Å². The van der Waals surface area contributed by atoms with Gasteiger partial charge in [-0.1, -0.05) is 29.8 Å². The van der Waals surface area contributed by atoms with E-state index in [0.29, 0.717) is 16.3 Å². The van der Waals surface area contributed by atoms with Crippen LogP contribution in [-0.2, 0) is 20.7 Å². The van der Waals surface area contributed by atoms with Gasteiger partial charge in [0.15, 0.2) is 6.61 Å². The number of nitrogens with zero attached hydrogens (tertiary/aromatic N) is 2. The van der Waals surface area contributed by atoms with Crippen molar-refractivity contribution in [2.24, 2.45) is 0 Å². The molecule has 2 heterocycles. The van der Waals surface area contributed by atoms with Crippen LogP contribution in [0.4, 0.5) is 5.00 Å². The fourth-order valence-corrected chi connectivity index (χ4v) is 3.80. The number of esters is 1. The van der Waals surface area contributed by atoms with Gasteiger partial charge in [0.25, 0.3) is 5.91 Å². The van der Waals surface area contributed by atoms with E-state index in [0.717, 1.165) is 10.6 Å². The molecule has 8 heteroatoms. The summed E-state index contributed by atoms with van der Waals surface area (Å²) in [6.45, 7) is 1.61. The summed E-state index contributed by atoms with van der Waals surface area (Å²) in [6, 6.07) is 11.6. The van der Waals surface area contributed by atoms with E-state index in [1.54, 1.807) is 16.8 Å². The van der Waals surface area contributed by atoms with Crippen molar-refractivity contribution >= 4 is 39.6 Å². The van der Waals surface area contributed by atoms with E-state index in [9.17, 15) is 9.59 Å². The molecule has 1 amide bonds. The van der Waals surface area contributed by atoms with E-state index in [1.807, 2.05) is 37.3 Å². The standard InChI is InChI=1S/C19H15N3O3S2/c1-12-2-4-13(5-3-12)18-21-15(11-27-18)8-17(24)25-10-16(23)22-19-14(9-20)6-7-26-19/h2-7,11H,8,10H2,1H3,(H,22,23). The normalized spacial score (nSPS) is 10.2. The molecule has 3 aromatic rings. The molecule has 0 fully saturated rings. The topological polar surface area (TPSA) is 92.1 Å². The van der Waals surface area contributed by atoms with Gasteiger partial charge in [0, 0.05) is 10.9 Å². The molecular formula is C19H15N3O3S2. The highest BCUT2D eigenvalue weighted by molar-refractivity contribution is 7.14. The Labute approximate surface area is 164 Å². The smallest absolute Gasteiger partial charge is 0.312 e. The number of ether oxygens (including phenoxy) is 1. The first-order valence-corrected chi connectivity index (χ1v) is 9.75. The maximum absolute atomic E-state index is 11.9. The molecule has 0 spiro atoms. The maximum atomic E-state index is 11.9. The number of thiazole rings is 1. The zero-order chi connectivity index (χ0) is 19.2. The summed E-state index contributed by atoms with van der Waals surface area (Å²) in [6.07, 6.45) is -0.00190. The van der Waals surface area contributed by atoms with Crippen LogP contribution in [0.25, 0.3) is 10.6 Å². The zero-order valence-electron chi connectivity index (χ0n) is 14.4. The van der Waals surface area contributed by atoms with Gasteiger partial charge in [0.2, 0.25) is 0 Å². The molecule has 0 atom stereocenters. The van der Waals surface area contributed by atoms with Crippen LogP contribution in [-0.4, -0.2) is 23.5 Å². The maximum Gasteiger partial charge on any atom is 0.312 e. The molecule has 1 aromatic carbocycles. The third kappa shape index (κ3) is 5.00. The van der Waals surface area contributed by atoms with E-state index >= 15 is 0 Å². The van der Waals surface area contributed by atoms with E-state index in [1.165, 1.54) is 28.2 Å². The molecule has 3 rings (SSSR count). The highest BCUT2D eigenvalue weighted by Gasteiger charge is 2.13. The Bertz CT molecular complexity index is 1000. The largest absolute Gasteiger partial charge is 0.455 e. The number of hydrogen-bond donors (Lipinski definition) is 1. The number of aromatic nitrogens is 1. The van der Waals surface area contributed by atoms with Crippen molar-refractivity contribution in [2.75, 3.05) is 11.9 Å². The summed E-state index contributed by atoms with van der Waals surface area (Å²) in [7, 11) is 0. The van der Waals surface area contributed by atoms with Gasteiger partial charge < -0.3 is 10.1 Å². The Hall–Kier alpha value is -3.02. The molecule has 0 aliphatic heterocycles. The van der Waals surface area contributed by atoms with Crippen molar-refractivity contribution in [3.8, 4) is 16.6 Å². The molecule has 136 valence electrons. The third-order valence-corrected chi connectivity index (χ3v) is 5.35. The fraction of sp³-hybridized carbons (Fsp3) is 0.158. The fourth-order valence-electron chi connectivity index (χ4n) is 2.22. The van der Waals surface area contributed by atoms with Crippen LogP contribution in [0.2, 0.25) is 0 Å². The lowest BCUT2D eigenvalue weighted by molar-refractivity contribution is -0.146. The summed E-state index contributed by atoms with van der Waals surface area (Å²) in [5.41, 5.74) is 3.15. The Morgan fingerprint density at radius 3 is 2.74 bits per heavy atom. The summed E-state index contributed by atoms with van der Waals surface area (Å²) in [5.74, 6) is -1.02. The number of thiophene rings is 1. The van der Waals surface area contributed by atoms with Gasteiger partial charge in [-0.25, -0.2) is 4.98 Å². The second-order valence-corrected chi connectivity index (χ2v) is 7.45. The summed E-state index contributed by atoms with van der Waals surface area (Å²) in [5, 5.41) is 16.3. The van der Waals surface area contributed by atoms with Gasteiger partial charge in [-0.3, -0.25) is 9.59 Å². The van der Waals surface area contributed by atoms with E-state index in [-0.39, 0.29) is 6.42 Å². The number of amides is 1. The number of carbonyl (C=O) groups is 2. The first-order chi connectivity index (χ1) is 13.0. The van der Waals surface area contributed by atoms with Crippen molar-refractivity contribution in [3.05, 3.63) is 57.9 Å². The van der Waals surface area contributed by atoms with Gasteiger partial charge in [0.1, 0.15) is 16.1 Å². The first-order valence-electron chi connectivity index (χ1n) is 7.99. The molecule has 0 saturated carbocycles. The van der Waals surface area contributed by atoms with Gasteiger partial charge in [-0.2, -0.15) is 5.26 Å². The molecule has 0 aliphatic carbocycles. The lowest BCUT2D eigenvalue weighted by atomic mass is 10.2. The number of benzene rings is 1. The monoisotopic (exact) mass is 397 g/mol. The van der Waals surface area contributed by atoms with E-state index in [4.69, 9.17) is 10.00 Å². The van der Waals surface area contributed by atoms with Crippen LogP contribution in [0.3, 0.4) is 0 Å². The number of hydrogen-bond acceptors (Lipinski definition) is 7. The average molecular weight is 397 g/mol. The van der Waals surface area contributed by atoms with Gasteiger partial charge in [-0.05, 0) is 18.4 Å².